The number of sulfonamides is 1. The topological polar surface area (TPSA) is 97.6 Å². The number of ether oxygens (including phenoxy) is 1. The van der Waals surface area contributed by atoms with Crippen molar-refractivity contribution in [1.29, 1.82) is 0 Å². The van der Waals surface area contributed by atoms with Crippen LogP contribution in [-0.4, -0.2) is 31.2 Å². The highest BCUT2D eigenvalue weighted by Crippen LogP contribution is 2.29. The fourth-order valence-electron chi connectivity index (χ4n) is 2.63. The van der Waals surface area contributed by atoms with E-state index < -0.39 is 21.8 Å². The van der Waals surface area contributed by atoms with Crippen LogP contribution in [0.25, 0.3) is 11.8 Å². The number of carboxylic acids is 1. The average Bonchev–Trinajstić information content (AvgIpc) is 3.22. The van der Waals surface area contributed by atoms with Gasteiger partial charge in [0.25, 0.3) is 10.0 Å². The quantitative estimate of drug-likeness (QED) is 0.575. The lowest BCUT2D eigenvalue weighted by Gasteiger charge is -2.14. The number of aromatic nitrogens is 1. The molecule has 0 aliphatic carbocycles. The van der Waals surface area contributed by atoms with Gasteiger partial charge in [-0.2, -0.15) is 0 Å². The van der Waals surface area contributed by atoms with Crippen LogP contribution in [0.15, 0.2) is 71.9 Å². The fourth-order valence-corrected chi connectivity index (χ4v) is 3.90. The van der Waals surface area contributed by atoms with Crippen molar-refractivity contribution in [2.24, 2.45) is 0 Å². The van der Waals surface area contributed by atoms with Crippen LogP contribution in [0.4, 0.5) is 10.1 Å². The van der Waals surface area contributed by atoms with Gasteiger partial charge in [0.1, 0.15) is 16.5 Å². The Labute approximate surface area is 166 Å². The normalized spacial score (nSPS) is 11.5. The molecular weight excluding hydrogens is 399 g/mol. The summed E-state index contributed by atoms with van der Waals surface area (Å²) in [4.78, 5) is 10.4. The highest BCUT2D eigenvalue weighted by molar-refractivity contribution is 7.92. The minimum absolute atomic E-state index is 0.0342. The zero-order chi connectivity index (χ0) is 21.0. The van der Waals surface area contributed by atoms with Crippen molar-refractivity contribution < 1.29 is 27.4 Å². The van der Waals surface area contributed by atoms with E-state index in [9.17, 15) is 17.6 Å². The maximum absolute atomic E-state index is 14.3. The van der Waals surface area contributed by atoms with Gasteiger partial charge in [-0.05, 0) is 54.1 Å². The van der Waals surface area contributed by atoms with Gasteiger partial charge in [-0.15, -0.1) is 0 Å². The van der Waals surface area contributed by atoms with Crippen LogP contribution in [0.3, 0.4) is 0 Å². The molecule has 2 N–H and O–H groups in total. The molecule has 0 bridgehead atoms. The van der Waals surface area contributed by atoms with Crippen molar-refractivity contribution in [1.82, 2.24) is 4.57 Å². The molecule has 0 saturated carbocycles. The van der Waals surface area contributed by atoms with Crippen LogP contribution in [0, 0.1) is 5.82 Å². The Balaban J connectivity index is 2.00. The molecule has 150 valence electrons. The Morgan fingerprint density at radius 3 is 2.55 bits per heavy atom. The Morgan fingerprint density at radius 1 is 1.17 bits per heavy atom. The molecule has 2 aromatic carbocycles. The number of hydrogen-bond donors (Lipinski definition) is 2. The molecule has 7 nitrogen and oxygen atoms in total. The Kier molecular flexibility index (Phi) is 5.69. The van der Waals surface area contributed by atoms with Crippen molar-refractivity contribution in [3.63, 3.8) is 0 Å². The number of methoxy groups -OCH3 is 1. The first-order valence-corrected chi connectivity index (χ1v) is 9.83. The molecule has 0 spiro atoms. The van der Waals surface area contributed by atoms with E-state index >= 15 is 0 Å². The molecule has 0 aliphatic rings. The lowest BCUT2D eigenvalue weighted by molar-refractivity contribution is -0.131. The van der Waals surface area contributed by atoms with Crippen LogP contribution in [-0.2, 0) is 14.8 Å². The third-order valence-electron chi connectivity index (χ3n) is 3.99. The van der Waals surface area contributed by atoms with Gasteiger partial charge in [0.2, 0.25) is 0 Å². The van der Waals surface area contributed by atoms with Crippen molar-refractivity contribution >= 4 is 27.8 Å². The standard InChI is InChI=1S/C20H17FN2O5S/c1-28-18-8-4-14(5-9-20(24)25)12-19(18)29(26,27)22-17-13-15(6-7-16(17)21)23-10-2-3-11-23/h2-13,22H,1H3,(H,24,25)/b9-5+. The molecule has 3 rings (SSSR count). The number of anilines is 1. The van der Waals surface area contributed by atoms with E-state index in [4.69, 9.17) is 9.84 Å². The summed E-state index contributed by atoms with van der Waals surface area (Å²) in [5, 5.41) is 8.75. The van der Waals surface area contributed by atoms with Crippen LogP contribution in [0.2, 0.25) is 0 Å². The Hall–Kier alpha value is -3.59. The van der Waals surface area contributed by atoms with E-state index in [-0.39, 0.29) is 16.3 Å². The van der Waals surface area contributed by atoms with Crippen molar-refractivity contribution in [3.05, 3.63) is 78.4 Å². The third kappa shape index (κ3) is 4.64. The number of benzene rings is 2. The summed E-state index contributed by atoms with van der Waals surface area (Å²) in [6, 6.07) is 11.8. The summed E-state index contributed by atoms with van der Waals surface area (Å²) in [7, 11) is -2.93. The number of carbonyl (C=O) groups is 1. The first-order valence-electron chi connectivity index (χ1n) is 8.35. The summed E-state index contributed by atoms with van der Waals surface area (Å²) in [5.74, 6) is -1.88. The second-order valence-corrected chi connectivity index (χ2v) is 7.59. The molecule has 0 atom stereocenters. The summed E-state index contributed by atoms with van der Waals surface area (Å²) in [6.45, 7) is 0. The molecule has 0 unspecified atom stereocenters. The van der Waals surface area contributed by atoms with E-state index in [1.54, 1.807) is 29.1 Å². The minimum atomic E-state index is -4.23. The van der Waals surface area contributed by atoms with Gasteiger partial charge in [0.15, 0.2) is 0 Å². The smallest absolute Gasteiger partial charge is 0.328 e. The monoisotopic (exact) mass is 416 g/mol. The SMILES string of the molecule is COc1ccc(/C=C/C(=O)O)cc1S(=O)(=O)Nc1cc(-n2cccc2)ccc1F. The van der Waals surface area contributed by atoms with Gasteiger partial charge >= 0.3 is 5.97 Å². The zero-order valence-electron chi connectivity index (χ0n) is 15.2. The maximum atomic E-state index is 14.3. The van der Waals surface area contributed by atoms with Gasteiger partial charge in [0.05, 0.1) is 12.8 Å². The zero-order valence-corrected chi connectivity index (χ0v) is 16.1. The van der Waals surface area contributed by atoms with Crippen molar-refractivity contribution in [2.45, 2.75) is 4.90 Å². The predicted molar refractivity (Wildman–Crippen MR) is 106 cm³/mol. The third-order valence-corrected chi connectivity index (χ3v) is 5.38. The fraction of sp³-hybridized carbons (Fsp3) is 0.0500. The summed E-state index contributed by atoms with van der Waals surface area (Å²) in [6.07, 6.45) is 5.61. The van der Waals surface area contributed by atoms with Crippen LogP contribution >= 0.6 is 0 Å². The van der Waals surface area contributed by atoms with E-state index in [1.807, 2.05) is 0 Å². The second kappa shape index (κ2) is 8.19. The van der Waals surface area contributed by atoms with E-state index in [0.717, 1.165) is 12.1 Å². The number of nitrogens with one attached hydrogen (secondary N) is 1. The van der Waals surface area contributed by atoms with Gasteiger partial charge in [0, 0.05) is 24.2 Å². The number of halogens is 1. The molecule has 29 heavy (non-hydrogen) atoms. The molecule has 0 saturated heterocycles. The van der Waals surface area contributed by atoms with Gasteiger partial charge in [-0.3, -0.25) is 4.72 Å². The number of carboxylic acid groups (broad SMARTS) is 1. The number of rotatable bonds is 7. The highest BCUT2D eigenvalue weighted by Gasteiger charge is 2.22. The molecule has 0 radical (unpaired) electrons. The molecule has 0 amide bonds. The Bertz CT molecular complexity index is 1170. The van der Waals surface area contributed by atoms with Crippen LogP contribution in [0.5, 0.6) is 5.75 Å². The number of nitrogens with zero attached hydrogens (tertiary/aromatic N) is 1. The molecule has 0 fully saturated rings. The lowest BCUT2D eigenvalue weighted by atomic mass is 10.2. The van der Waals surface area contributed by atoms with Gasteiger partial charge < -0.3 is 14.4 Å². The average molecular weight is 416 g/mol. The largest absolute Gasteiger partial charge is 0.495 e. The van der Waals surface area contributed by atoms with Gasteiger partial charge in [-0.1, -0.05) is 6.07 Å². The molecular formula is C20H17FN2O5S. The molecule has 3 aromatic rings. The van der Waals surface area contributed by atoms with E-state index in [0.29, 0.717) is 11.3 Å². The number of aliphatic carboxylic acids is 1. The number of hydrogen-bond acceptors (Lipinski definition) is 4. The van der Waals surface area contributed by atoms with Crippen LogP contribution < -0.4 is 9.46 Å². The highest BCUT2D eigenvalue weighted by atomic mass is 32.2. The lowest BCUT2D eigenvalue weighted by Crippen LogP contribution is -2.15. The Morgan fingerprint density at radius 2 is 1.90 bits per heavy atom. The molecule has 0 aliphatic heterocycles. The first kappa shape index (κ1) is 20.2. The molecule has 1 aromatic heterocycles. The van der Waals surface area contributed by atoms with Gasteiger partial charge in [-0.25, -0.2) is 17.6 Å². The minimum Gasteiger partial charge on any atom is -0.495 e. The van der Waals surface area contributed by atoms with Crippen molar-refractivity contribution in [3.8, 4) is 11.4 Å². The second-order valence-electron chi connectivity index (χ2n) is 5.94. The molecule has 1 heterocycles. The predicted octanol–water partition coefficient (Wildman–Crippen LogP) is 3.52. The maximum Gasteiger partial charge on any atom is 0.328 e. The summed E-state index contributed by atoms with van der Waals surface area (Å²) < 4.78 is 49.2. The van der Waals surface area contributed by atoms with Crippen LogP contribution in [0.1, 0.15) is 5.56 Å². The van der Waals surface area contributed by atoms with Crippen molar-refractivity contribution in [2.75, 3.05) is 11.8 Å². The first-order chi connectivity index (χ1) is 13.8. The van der Waals surface area contributed by atoms with E-state index in [2.05, 4.69) is 4.72 Å². The van der Waals surface area contributed by atoms with E-state index in [1.165, 1.54) is 43.5 Å². The molecule has 9 heteroatoms. The summed E-state index contributed by atoms with van der Waals surface area (Å²) >= 11 is 0. The summed E-state index contributed by atoms with van der Waals surface area (Å²) in [5.41, 5.74) is 0.666.